The van der Waals surface area contributed by atoms with Gasteiger partial charge in [-0.3, -0.25) is 4.98 Å². The summed E-state index contributed by atoms with van der Waals surface area (Å²) in [4.78, 5) is 4.29. The highest BCUT2D eigenvalue weighted by Gasteiger charge is 1.97. The molecule has 0 fully saturated rings. The van der Waals surface area contributed by atoms with Gasteiger partial charge in [0.05, 0.1) is 0 Å². The van der Waals surface area contributed by atoms with Crippen molar-refractivity contribution in [2.75, 3.05) is 13.6 Å². The molecule has 0 atom stereocenters. The quantitative estimate of drug-likeness (QED) is 0.808. The molecule has 2 nitrogen and oxygen atoms in total. The van der Waals surface area contributed by atoms with Crippen LogP contribution in [0.2, 0.25) is 0 Å². The normalized spacial score (nSPS) is 10.9. The Kier molecular flexibility index (Phi) is 4.68. The molecule has 1 heterocycles. The van der Waals surface area contributed by atoms with Crippen molar-refractivity contribution in [2.45, 2.75) is 6.42 Å². The first-order chi connectivity index (χ1) is 8.90. The molecule has 0 aliphatic rings. The van der Waals surface area contributed by atoms with E-state index in [1.165, 1.54) is 5.56 Å². The van der Waals surface area contributed by atoms with E-state index in [0.29, 0.717) is 0 Å². The molecule has 2 heteroatoms. The van der Waals surface area contributed by atoms with Crippen LogP contribution >= 0.6 is 0 Å². The number of benzene rings is 1. The molecule has 0 saturated heterocycles. The summed E-state index contributed by atoms with van der Waals surface area (Å²) < 4.78 is 0. The van der Waals surface area contributed by atoms with Crippen LogP contribution in [0.3, 0.4) is 0 Å². The van der Waals surface area contributed by atoms with E-state index in [2.05, 4.69) is 40.7 Å². The summed E-state index contributed by atoms with van der Waals surface area (Å²) >= 11 is 0. The van der Waals surface area contributed by atoms with Crippen LogP contribution in [0, 0.1) is 0 Å². The van der Waals surface area contributed by atoms with Gasteiger partial charge in [-0.05, 0) is 37.2 Å². The van der Waals surface area contributed by atoms with E-state index in [4.69, 9.17) is 0 Å². The third-order valence-corrected chi connectivity index (χ3v) is 2.74. The highest BCUT2D eigenvalue weighted by atomic mass is 14.8. The van der Waals surface area contributed by atoms with Gasteiger partial charge in [0.15, 0.2) is 0 Å². The molecule has 2 rings (SSSR count). The first kappa shape index (κ1) is 12.5. The zero-order chi connectivity index (χ0) is 12.6. The maximum atomic E-state index is 4.29. The fourth-order valence-electron chi connectivity index (χ4n) is 1.78. The largest absolute Gasteiger partial charge is 0.319 e. The standard InChI is InChI=1S/C16H18N2/c1-17-10-6-5-7-14-11-16(13-18-12-14)15-8-3-2-4-9-15/h2-5,7-9,11-13,17H,6,10H2,1H3. The molecule has 0 radical (unpaired) electrons. The third-order valence-electron chi connectivity index (χ3n) is 2.74. The molecule has 0 bridgehead atoms. The van der Waals surface area contributed by atoms with Crippen molar-refractivity contribution in [3.63, 3.8) is 0 Å². The molecular formula is C16H18N2. The SMILES string of the molecule is CNCCC=Cc1cncc(-c2ccccc2)c1. The van der Waals surface area contributed by atoms with Gasteiger partial charge in [-0.1, -0.05) is 42.5 Å². The number of nitrogens with one attached hydrogen (secondary N) is 1. The number of pyridine rings is 1. The van der Waals surface area contributed by atoms with E-state index in [9.17, 15) is 0 Å². The van der Waals surface area contributed by atoms with Crippen LogP contribution in [0.4, 0.5) is 0 Å². The average molecular weight is 238 g/mol. The van der Waals surface area contributed by atoms with Gasteiger partial charge in [0.1, 0.15) is 0 Å². The predicted octanol–water partition coefficient (Wildman–Crippen LogP) is 3.37. The predicted molar refractivity (Wildman–Crippen MR) is 77.3 cm³/mol. The van der Waals surface area contributed by atoms with Crippen molar-refractivity contribution < 1.29 is 0 Å². The number of hydrogen-bond donors (Lipinski definition) is 1. The average Bonchev–Trinajstić information content (AvgIpc) is 2.45. The maximum absolute atomic E-state index is 4.29. The van der Waals surface area contributed by atoms with Crippen LogP contribution in [0.15, 0.2) is 54.9 Å². The van der Waals surface area contributed by atoms with E-state index in [1.807, 2.05) is 37.6 Å². The minimum atomic E-state index is 1.00. The molecule has 2 aromatic rings. The number of aromatic nitrogens is 1. The van der Waals surface area contributed by atoms with Crippen molar-refractivity contribution in [3.8, 4) is 11.1 Å². The molecule has 1 N–H and O–H groups in total. The van der Waals surface area contributed by atoms with E-state index in [-0.39, 0.29) is 0 Å². The molecular weight excluding hydrogens is 220 g/mol. The Balaban J connectivity index is 2.13. The molecule has 1 aromatic heterocycles. The van der Waals surface area contributed by atoms with E-state index >= 15 is 0 Å². The molecule has 0 aliphatic heterocycles. The summed E-state index contributed by atoms with van der Waals surface area (Å²) in [5, 5.41) is 3.12. The highest BCUT2D eigenvalue weighted by Crippen LogP contribution is 2.19. The number of nitrogens with zero attached hydrogens (tertiary/aromatic N) is 1. The van der Waals surface area contributed by atoms with Crippen LogP contribution in [0.1, 0.15) is 12.0 Å². The first-order valence-electron chi connectivity index (χ1n) is 6.22. The van der Waals surface area contributed by atoms with Crippen LogP contribution in [-0.4, -0.2) is 18.6 Å². The fourth-order valence-corrected chi connectivity index (χ4v) is 1.78. The summed E-state index contributed by atoms with van der Waals surface area (Å²) in [7, 11) is 1.96. The zero-order valence-electron chi connectivity index (χ0n) is 10.6. The minimum absolute atomic E-state index is 1.00. The molecule has 0 spiro atoms. The second-order valence-corrected chi connectivity index (χ2v) is 4.17. The molecule has 18 heavy (non-hydrogen) atoms. The number of hydrogen-bond acceptors (Lipinski definition) is 2. The summed E-state index contributed by atoms with van der Waals surface area (Å²) in [5.74, 6) is 0. The second-order valence-electron chi connectivity index (χ2n) is 4.17. The molecule has 0 aliphatic carbocycles. The summed E-state index contributed by atoms with van der Waals surface area (Å²) in [6.45, 7) is 1.00. The van der Waals surface area contributed by atoms with Crippen molar-refractivity contribution in [1.82, 2.24) is 10.3 Å². The van der Waals surface area contributed by atoms with Crippen LogP contribution in [0.5, 0.6) is 0 Å². The van der Waals surface area contributed by atoms with E-state index in [1.54, 1.807) is 0 Å². The summed E-state index contributed by atoms with van der Waals surface area (Å²) in [6.07, 6.45) is 9.12. The minimum Gasteiger partial charge on any atom is -0.319 e. The lowest BCUT2D eigenvalue weighted by Gasteiger charge is -2.02. The molecule has 0 unspecified atom stereocenters. The highest BCUT2D eigenvalue weighted by molar-refractivity contribution is 5.65. The van der Waals surface area contributed by atoms with Gasteiger partial charge in [0.2, 0.25) is 0 Å². The Hall–Kier alpha value is -1.93. The van der Waals surface area contributed by atoms with E-state index in [0.717, 1.165) is 24.1 Å². The van der Waals surface area contributed by atoms with Crippen molar-refractivity contribution in [1.29, 1.82) is 0 Å². The first-order valence-corrected chi connectivity index (χ1v) is 6.22. The van der Waals surface area contributed by atoms with Crippen molar-refractivity contribution in [2.24, 2.45) is 0 Å². The summed E-state index contributed by atoms with van der Waals surface area (Å²) in [5.41, 5.74) is 3.51. The maximum Gasteiger partial charge on any atom is 0.0346 e. The Morgan fingerprint density at radius 3 is 2.72 bits per heavy atom. The van der Waals surface area contributed by atoms with E-state index < -0.39 is 0 Å². The Morgan fingerprint density at radius 2 is 1.94 bits per heavy atom. The van der Waals surface area contributed by atoms with Crippen LogP contribution < -0.4 is 5.32 Å². The van der Waals surface area contributed by atoms with Crippen molar-refractivity contribution >= 4 is 6.08 Å². The second kappa shape index (κ2) is 6.72. The lowest BCUT2D eigenvalue weighted by atomic mass is 10.1. The van der Waals surface area contributed by atoms with Gasteiger partial charge in [-0.15, -0.1) is 0 Å². The van der Waals surface area contributed by atoms with Crippen LogP contribution in [0.25, 0.3) is 17.2 Å². The van der Waals surface area contributed by atoms with Gasteiger partial charge in [-0.25, -0.2) is 0 Å². The van der Waals surface area contributed by atoms with Gasteiger partial charge >= 0.3 is 0 Å². The molecule has 0 saturated carbocycles. The molecule has 0 amide bonds. The van der Waals surface area contributed by atoms with Crippen molar-refractivity contribution in [3.05, 3.63) is 60.4 Å². The van der Waals surface area contributed by atoms with Gasteiger partial charge in [0, 0.05) is 18.0 Å². The number of rotatable bonds is 5. The molecule has 92 valence electrons. The van der Waals surface area contributed by atoms with Crippen LogP contribution in [-0.2, 0) is 0 Å². The third kappa shape index (κ3) is 3.54. The lowest BCUT2D eigenvalue weighted by molar-refractivity contribution is 0.809. The zero-order valence-corrected chi connectivity index (χ0v) is 10.6. The van der Waals surface area contributed by atoms with Gasteiger partial charge in [0.25, 0.3) is 0 Å². The smallest absolute Gasteiger partial charge is 0.0346 e. The Labute approximate surface area is 108 Å². The topological polar surface area (TPSA) is 24.9 Å². The Morgan fingerprint density at radius 1 is 1.11 bits per heavy atom. The molecule has 1 aromatic carbocycles. The summed E-state index contributed by atoms with van der Waals surface area (Å²) in [6, 6.07) is 12.5. The van der Waals surface area contributed by atoms with Gasteiger partial charge in [-0.2, -0.15) is 0 Å². The monoisotopic (exact) mass is 238 g/mol. The Bertz CT molecular complexity index is 504. The lowest BCUT2D eigenvalue weighted by Crippen LogP contribution is -2.05. The fraction of sp³-hybridized carbons (Fsp3) is 0.188. The van der Waals surface area contributed by atoms with Gasteiger partial charge < -0.3 is 5.32 Å².